The first-order chi connectivity index (χ1) is 10.2. The van der Waals surface area contributed by atoms with Crippen LogP contribution in [0.5, 0.6) is 5.75 Å². The van der Waals surface area contributed by atoms with Gasteiger partial charge in [0, 0.05) is 20.2 Å². The number of amides is 2. The van der Waals surface area contributed by atoms with Gasteiger partial charge in [-0.05, 0) is 17.7 Å². The van der Waals surface area contributed by atoms with Gasteiger partial charge in [-0.3, -0.25) is 14.5 Å². The minimum absolute atomic E-state index is 0.0487. The number of fused-ring (bicyclic) bond motifs is 1. The second-order valence-electron chi connectivity index (χ2n) is 4.62. The van der Waals surface area contributed by atoms with Crippen molar-refractivity contribution in [2.75, 3.05) is 38.3 Å². The highest BCUT2D eigenvalue weighted by Gasteiger charge is 2.27. The van der Waals surface area contributed by atoms with Gasteiger partial charge in [0.25, 0.3) is 5.91 Å². The molecule has 7 nitrogen and oxygen atoms in total. The van der Waals surface area contributed by atoms with Crippen LogP contribution in [-0.4, -0.2) is 45.2 Å². The molecule has 1 aromatic carbocycles. The summed E-state index contributed by atoms with van der Waals surface area (Å²) in [6.45, 7) is 1.07. The zero-order chi connectivity index (χ0) is 15.2. The van der Waals surface area contributed by atoms with E-state index in [4.69, 9.17) is 15.2 Å². The van der Waals surface area contributed by atoms with Crippen molar-refractivity contribution < 1.29 is 19.1 Å². The fourth-order valence-corrected chi connectivity index (χ4v) is 2.04. The maximum Gasteiger partial charge on any atom is 0.265 e. The zero-order valence-corrected chi connectivity index (χ0v) is 11.9. The van der Waals surface area contributed by atoms with Crippen LogP contribution in [0.3, 0.4) is 0 Å². The normalized spacial score (nSPS) is 13.6. The lowest BCUT2D eigenvalue weighted by molar-refractivity contribution is -0.125. The SMILES string of the molecule is COCCNC(=O)CN1C(=O)COc2ccc(CN)cc21. The van der Waals surface area contributed by atoms with Gasteiger partial charge < -0.3 is 20.5 Å². The molecule has 0 aromatic heterocycles. The average Bonchev–Trinajstić information content (AvgIpc) is 2.50. The van der Waals surface area contributed by atoms with Crippen LogP contribution in [0.2, 0.25) is 0 Å². The number of nitrogens with zero attached hydrogens (tertiary/aromatic N) is 1. The maximum absolute atomic E-state index is 12.0. The molecule has 0 aliphatic carbocycles. The third kappa shape index (κ3) is 3.71. The van der Waals surface area contributed by atoms with Crippen LogP contribution >= 0.6 is 0 Å². The van der Waals surface area contributed by atoms with Gasteiger partial charge in [-0.15, -0.1) is 0 Å². The van der Waals surface area contributed by atoms with Gasteiger partial charge in [0.2, 0.25) is 5.91 Å². The molecule has 0 saturated carbocycles. The molecule has 0 radical (unpaired) electrons. The second kappa shape index (κ2) is 7.05. The molecule has 0 fully saturated rings. The van der Waals surface area contributed by atoms with Gasteiger partial charge in [-0.25, -0.2) is 0 Å². The van der Waals surface area contributed by atoms with Crippen LogP contribution < -0.4 is 20.7 Å². The fraction of sp³-hybridized carbons (Fsp3) is 0.429. The third-order valence-electron chi connectivity index (χ3n) is 3.13. The molecule has 0 atom stereocenters. The largest absolute Gasteiger partial charge is 0.482 e. The standard InChI is InChI=1S/C14H19N3O4/c1-20-5-4-16-13(18)8-17-11-6-10(7-15)2-3-12(11)21-9-14(17)19/h2-3,6H,4-5,7-9,15H2,1H3,(H,16,18). The number of rotatable bonds is 6. The Labute approximate surface area is 123 Å². The second-order valence-corrected chi connectivity index (χ2v) is 4.62. The van der Waals surface area contributed by atoms with E-state index >= 15 is 0 Å². The molecular formula is C14H19N3O4. The van der Waals surface area contributed by atoms with Crippen molar-refractivity contribution in [2.24, 2.45) is 5.73 Å². The summed E-state index contributed by atoms with van der Waals surface area (Å²) in [6, 6.07) is 5.38. The van der Waals surface area contributed by atoms with Gasteiger partial charge in [0.1, 0.15) is 12.3 Å². The molecule has 2 amide bonds. The Bertz CT molecular complexity index is 533. The number of nitrogens with two attached hydrogens (primary N) is 1. The van der Waals surface area contributed by atoms with E-state index in [9.17, 15) is 9.59 Å². The number of carbonyl (C=O) groups is 2. The Morgan fingerprint density at radius 3 is 3.05 bits per heavy atom. The summed E-state index contributed by atoms with van der Waals surface area (Å²) in [5.74, 6) is 0.0847. The molecule has 114 valence electrons. The minimum Gasteiger partial charge on any atom is -0.482 e. The molecule has 1 aliphatic rings. The van der Waals surface area contributed by atoms with E-state index in [1.165, 1.54) is 4.90 Å². The van der Waals surface area contributed by atoms with Crippen LogP contribution in [0.4, 0.5) is 5.69 Å². The predicted molar refractivity (Wildman–Crippen MR) is 77.1 cm³/mol. The molecule has 1 aromatic rings. The van der Waals surface area contributed by atoms with Gasteiger partial charge in [-0.2, -0.15) is 0 Å². The van der Waals surface area contributed by atoms with E-state index in [-0.39, 0.29) is 25.0 Å². The number of hydrogen-bond acceptors (Lipinski definition) is 5. The number of nitrogens with one attached hydrogen (secondary N) is 1. The van der Waals surface area contributed by atoms with E-state index in [1.807, 2.05) is 6.07 Å². The van der Waals surface area contributed by atoms with Gasteiger partial charge >= 0.3 is 0 Å². The lowest BCUT2D eigenvalue weighted by Crippen LogP contribution is -2.45. The maximum atomic E-state index is 12.0. The highest BCUT2D eigenvalue weighted by molar-refractivity contribution is 6.02. The molecule has 0 saturated heterocycles. The van der Waals surface area contributed by atoms with Crippen LogP contribution in [0.15, 0.2) is 18.2 Å². The first-order valence-corrected chi connectivity index (χ1v) is 6.67. The number of benzene rings is 1. The van der Waals surface area contributed by atoms with Crippen molar-refractivity contribution in [3.8, 4) is 5.75 Å². The molecule has 3 N–H and O–H groups in total. The van der Waals surface area contributed by atoms with Gasteiger partial charge in [0.05, 0.1) is 12.3 Å². The molecule has 2 rings (SSSR count). The van der Waals surface area contributed by atoms with Crippen molar-refractivity contribution in [3.63, 3.8) is 0 Å². The lowest BCUT2D eigenvalue weighted by Gasteiger charge is -2.29. The molecule has 1 heterocycles. The molecule has 21 heavy (non-hydrogen) atoms. The van der Waals surface area contributed by atoms with Gasteiger partial charge in [-0.1, -0.05) is 6.07 Å². The van der Waals surface area contributed by atoms with Crippen molar-refractivity contribution in [2.45, 2.75) is 6.54 Å². The summed E-state index contributed by atoms with van der Waals surface area (Å²) in [4.78, 5) is 25.3. The number of carbonyl (C=O) groups excluding carboxylic acids is 2. The van der Waals surface area contributed by atoms with E-state index in [0.717, 1.165) is 5.56 Å². The topological polar surface area (TPSA) is 93.9 Å². The van der Waals surface area contributed by atoms with Crippen LogP contribution in [0.25, 0.3) is 0 Å². The first-order valence-electron chi connectivity index (χ1n) is 6.67. The van der Waals surface area contributed by atoms with Crippen LogP contribution in [-0.2, 0) is 20.9 Å². The quantitative estimate of drug-likeness (QED) is 0.698. The molecule has 0 spiro atoms. The Balaban J connectivity index is 2.12. The smallest absolute Gasteiger partial charge is 0.265 e. The molecule has 0 bridgehead atoms. The number of anilines is 1. The number of hydrogen-bond donors (Lipinski definition) is 2. The monoisotopic (exact) mass is 293 g/mol. The summed E-state index contributed by atoms with van der Waals surface area (Å²) in [5.41, 5.74) is 7.06. The van der Waals surface area contributed by atoms with E-state index in [0.29, 0.717) is 31.1 Å². The highest BCUT2D eigenvalue weighted by Crippen LogP contribution is 2.32. The summed E-state index contributed by atoms with van der Waals surface area (Å²) in [7, 11) is 1.56. The van der Waals surface area contributed by atoms with E-state index in [1.54, 1.807) is 19.2 Å². The average molecular weight is 293 g/mol. The zero-order valence-electron chi connectivity index (χ0n) is 11.9. The molecule has 1 aliphatic heterocycles. The van der Waals surface area contributed by atoms with Crippen LogP contribution in [0, 0.1) is 0 Å². The third-order valence-corrected chi connectivity index (χ3v) is 3.13. The number of methoxy groups -OCH3 is 1. The van der Waals surface area contributed by atoms with Crippen LogP contribution in [0.1, 0.15) is 5.56 Å². The first kappa shape index (κ1) is 15.3. The summed E-state index contributed by atoms with van der Waals surface area (Å²) >= 11 is 0. The predicted octanol–water partition coefficient (Wildman–Crippen LogP) is -0.367. The minimum atomic E-state index is -0.251. The Hall–Kier alpha value is -2.12. The van der Waals surface area contributed by atoms with E-state index < -0.39 is 0 Å². The van der Waals surface area contributed by atoms with Crippen molar-refractivity contribution in [3.05, 3.63) is 23.8 Å². The van der Waals surface area contributed by atoms with Crippen molar-refractivity contribution in [1.82, 2.24) is 5.32 Å². The molecule has 7 heteroatoms. The summed E-state index contributed by atoms with van der Waals surface area (Å²) in [6.07, 6.45) is 0. The van der Waals surface area contributed by atoms with E-state index in [2.05, 4.69) is 5.32 Å². The number of ether oxygens (including phenoxy) is 2. The lowest BCUT2D eigenvalue weighted by atomic mass is 10.1. The molecular weight excluding hydrogens is 274 g/mol. The summed E-state index contributed by atoms with van der Waals surface area (Å²) < 4.78 is 10.2. The summed E-state index contributed by atoms with van der Waals surface area (Å²) in [5, 5.41) is 2.69. The van der Waals surface area contributed by atoms with Crippen molar-refractivity contribution in [1.29, 1.82) is 0 Å². The van der Waals surface area contributed by atoms with Gasteiger partial charge in [0.15, 0.2) is 6.61 Å². The van der Waals surface area contributed by atoms with Crippen molar-refractivity contribution >= 4 is 17.5 Å². The Morgan fingerprint density at radius 1 is 1.52 bits per heavy atom. The Kier molecular flexibility index (Phi) is 5.13. The highest BCUT2D eigenvalue weighted by atomic mass is 16.5. The Morgan fingerprint density at radius 2 is 2.33 bits per heavy atom. The molecule has 0 unspecified atom stereocenters. The fourth-order valence-electron chi connectivity index (χ4n) is 2.04.